The molecule has 0 aromatic carbocycles. The average molecular weight is 514 g/mol. The third kappa shape index (κ3) is 4.37. The maximum absolute atomic E-state index is 13.0. The van der Waals surface area contributed by atoms with Gasteiger partial charge in [0.2, 0.25) is 8.32 Å². The standard InChI is InChI=1S/C17H26Cl2N4O4S2Si/c1-17(2,3)30(4,5)27-23-10-6-7-11(22(9-10)16(23)24)15(20)21-29(25,26)12-8-13(18)28-14(12)19/h8,10-11H,6-7,9H2,1-5H3,(H2,20,21)/t10-,11+/m1/s1. The van der Waals surface area contributed by atoms with Crippen LogP contribution in [0.15, 0.2) is 11.0 Å². The summed E-state index contributed by atoms with van der Waals surface area (Å²) >= 11 is 12.7. The van der Waals surface area contributed by atoms with Crippen molar-refractivity contribution in [2.75, 3.05) is 6.54 Å². The molecule has 2 aliphatic heterocycles. The first kappa shape index (κ1) is 23.8. The highest BCUT2D eigenvalue weighted by Crippen LogP contribution is 2.40. The Morgan fingerprint density at radius 3 is 2.50 bits per heavy atom. The van der Waals surface area contributed by atoms with Gasteiger partial charge in [0.1, 0.15) is 15.1 Å². The fraction of sp³-hybridized carbons (Fsp3) is 0.647. The zero-order chi connectivity index (χ0) is 22.6. The van der Waals surface area contributed by atoms with Gasteiger partial charge < -0.3 is 9.43 Å². The first-order valence-corrected chi connectivity index (χ1v) is 15.5. The van der Waals surface area contributed by atoms with Gasteiger partial charge in [0.15, 0.2) is 0 Å². The first-order chi connectivity index (χ1) is 13.6. The molecule has 3 heterocycles. The molecule has 168 valence electrons. The fourth-order valence-electron chi connectivity index (χ4n) is 3.21. The van der Waals surface area contributed by atoms with Crippen LogP contribution < -0.4 is 4.72 Å². The molecule has 2 aliphatic rings. The topological polar surface area (TPSA) is 103 Å². The monoisotopic (exact) mass is 512 g/mol. The lowest BCUT2D eigenvalue weighted by Gasteiger charge is -2.39. The number of amidine groups is 1. The van der Waals surface area contributed by atoms with E-state index in [0.29, 0.717) is 19.4 Å². The van der Waals surface area contributed by atoms with Crippen molar-refractivity contribution in [2.24, 2.45) is 0 Å². The molecule has 2 fully saturated rings. The number of nitrogens with one attached hydrogen (secondary N) is 2. The number of halogens is 2. The lowest BCUT2D eigenvalue weighted by molar-refractivity contribution is -0.0426. The summed E-state index contributed by atoms with van der Waals surface area (Å²) in [4.78, 5) is 14.4. The van der Waals surface area contributed by atoms with E-state index in [1.807, 2.05) is 0 Å². The lowest BCUT2D eigenvalue weighted by atomic mass is 10.0. The van der Waals surface area contributed by atoms with Crippen LogP contribution in [0.1, 0.15) is 33.6 Å². The van der Waals surface area contributed by atoms with Gasteiger partial charge in [0, 0.05) is 6.54 Å². The van der Waals surface area contributed by atoms with Crippen molar-refractivity contribution in [1.82, 2.24) is 14.7 Å². The minimum Gasteiger partial charge on any atom is -0.315 e. The minimum absolute atomic E-state index is 0.0233. The molecule has 0 unspecified atom stereocenters. The SMILES string of the molecule is CC(C)(C)[Si](C)(C)ON1C(=O)N2C[C@H]1CC[C@H]2C(=N)NS(=O)(=O)c1cc(Cl)sc1Cl. The Hall–Kier alpha value is -0.853. The highest BCUT2D eigenvalue weighted by molar-refractivity contribution is 7.90. The number of amides is 2. The molecule has 2 saturated heterocycles. The molecule has 0 spiro atoms. The van der Waals surface area contributed by atoms with E-state index in [1.54, 1.807) is 0 Å². The van der Waals surface area contributed by atoms with E-state index >= 15 is 0 Å². The summed E-state index contributed by atoms with van der Waals surface area (Å²) in [7, 11) is -6.29. The molecule has 2 amide bonds. The summed E-state index contributed by atoms with van der Waals surface area (Å²) in [6.45, 7) is 10.8. The van der Waals surface area contributed by atoms with Gasteiger partial charge >= 0.3 is 6.03 Å². The summed E-state index contributed by atoms with van der Waals surface area (Å²) in [5.41, 5.74) is 0. The quantitative estimate of drug-likeness (QED) is 0.343. The Kier molecular flexibility index (Phi) is 6.29. The average Bonchev–Trinajstić information content (AvgIpc) is 3.06. The Balaban J connectivity index is 1.75. The minimum atomic E-state index is -4.07. The molecule has 1 aromatic heterocycles. The number of carbonyl (C=O) groups excluding carboxylic acids is 1. The third-order valence-electron chi connectivity index (χ3n) is 5.95. The van der Waals surface area contributed by atoms with Gasteiger partial charge in [-0.2, -0.15) is 0 Å². The van der Waals surface area contributed by atoms with E-state index in [-0.39, 0.29) is 36.5 Å². The summed E-state index contributed by atoms with van der Waals surface area (Å²) < 4.78 is 34.1. The molecule has 2 atom stereocenters. The zero-order valence-corrected chi connectivity index (χ0v) is 21.6. The van der Waals surface area contributed by atoms with E-state index < -0.39 is 24.4 Å². The summed E-state index contributed by atoms with van der Waals surface area (Å²) in [5.74, 6) is -0.269. The van der Waals surface area contributed by atoms with Gasteiger partial charge in [-0.25, -0.2) is 18.3 Å². The number of sulfonamides is 1. The molecule has 0 aliphatic carbocycles. The number of hydrogen-bond donors (Lipinski definition) is 2. The Morgan fingerprint density at radius 2 is 1.97 bits per heavy atom. The van der Waals surface area contributed by atoms with Gasteiger partial charge in [-0.3, -0.25) is 10.1 Å². The molecule has 0 radical (unpaired) electrons. The number of fused-ring (bicyclic) bond motifs is 2. The van der Waals surface area contributed by atoms with Crippen LogP contribution in [0, 0.1) is 5.41 Å². The number of hydrogen-bond acceptors (Lipinski definition) is 6. The molecule has 13 heteroatoms. The van der Waals surface area contributed by atoms with Gasteiger partial charge in [-0.1, -0.05) is 44.0 Å². The maximum atomic E-state index is 13.0. The second-order valence-electron chi connectivity index (χ2n) is 9.07. The smallest absolute Gasteiger partial charge is 0.315 e. The van der Waals surface area contributed by atoms with Crippen LogP contribution in [0.25, 0.3) is 0 Å². The molecule has 30 heavy (non-hydrogen) atoms. The van der Waals surface area contributed by atoms with Crippen LogP contribution in [0.5, 0.6) is 0 Å². The number of rotatable bonds is 5. The maximum Gasteiger partial charge on any atom is 0.343 e. The third-order valence-corrected chi connectivity index (χ3v) is 13.3. The summed E-state index contributed by atoms with van der Waals surface area (Å²) in [6.07, 6.45) is 1.09. The lowest BCUT2D eigenvalue weighted by Crippen LogP contribution is -2.51. The number of carbonyl (C=O) groups is 1. The van der Waals surface area contributed by atoms with E-state index in [4.69, 9.17) is 33.1 Å². The van der Waals surface area contributed by atoms with Crippen molar-refractivity contribution < 1.29 is 17.7 Å². The van der Waals surface area contributed by atoms with Gasteiger partial charge in [0.25, 0.3) is 10.0 Å². The van der Waals surface area contributed by atoms with E-state index in [2.05, 4.69) is 38.6 Å². The Labute approximate surface area is 192 Å². The Morgan fingerprint density at radius 1 is 1.33 bits per heavy atom. The van der Waals surface area contributed by atoms with E-state index in [9.17, 15) is 13.2 Å². The van der Waals surface area contributed by atoms with Crippen LogP contribution in [-0.2, 0) is 14.6 Å². The Bertz CT molecular complexity index is 977. The summed E-state index contributed by atoms with van der Waals surface area (Å²) in [6, 6.07) is 0.145. The molecule has 1 aromatic rings. The second-order valence-corrected chi connectivity index (χ2v) is 17.7. The number of thiophene rings is 1. The van der Waals surface area contributed by atoms with Crippen molar-refractivity contribution in [2.45, 2.75) is 68.7 Å². The van der Waals surface area contributed by atoms with Crippen molar-refractivity contribution in [3.8, 4) is 0 Å². The second kappa shape index (κ2) is 7.93. The van der Waals surface area contributed by atoms with Crippen LogP contribution in [0.4, 0.5) is 4.79 Å². The van der Waals surface area contributed by atoms with Crippen LogP contribution in [0.2, 0.25) is 26.8 Å². The van der Waals surface area contributed by atoms with Crippen LogP contribution in [-0.4, -0.2) is 57.2 Å². The number of piperidine rings is 1. The van der Waals surface area contributed by atoms with Crippen molar-refractivity contribution in [3.05, 3.63) is 14.7 Å². The predicted molar refractivity (Wildman–Crippen MR) is 121 cm³/mol. The molecular formula is C17H26Cl2N4O4S2Si. The highest BCUT2D eigenvalue weighted by Gasteiger charge is 2.51. The van der Waals surface area contributed by atoms with Crippen molar-refractivity contribution in [1.29, 1.82) is 5.41 Å². The molecule has 0 saturated carbocycles. The number of nitrogens with zero attached hydrogens (tertiary/aromatic N) is 2. The molecule has 8 nitrogen and oxygen atoms in total. The van der Waals surface area contributed by atoms with Gasteiger partial charge in [-0.05, 0) is 37.0 Å². The summed E-state index contributed by atoms with van der Waals surface area (Å²) in [5, 5.41) is 9.73. The van der Waals surface area contributed by atoms with Crippen molar-refractivity contribution >= 4 is 64.7 Å². The van der Waals surface area contributed by atoms with Crippen LogP contribution in [0.3, 0.4) is 0 Å². The number of urea groups is 1. The largest absolute Gasteiger partial charge is 0.343 e. The van der Waals surface area contributed by atoms with Crippen molar-refractivity contribution in [3.63, 3.8) is 0 Å². The fourth-order valence-corrected chi connectivity index (χ4v) is 7.39. The number of hydroxylamine groups is 2. The molecule has 3 rings (SSSR count). The molecular weight excluding hydrogens is 487 g/mol. The molecule has 2 bridgehead atoms. The van der Waals surface area contributed by atoms with Gasteiger partial charge in [0.05, 0.1) is 16.4 Å². The van der Waals surface area contributed by atoms with Crippen LogP contribution >= 0.6 is 34.5 Å². The highest BCUT2D eigenvalue weighted by atomic mass is 35.5. The van der Waals surface area contributed by atoms with E-state index in [0.717, 1.165) is 11.3 Å². The normalized spacial score (nSPS) is 22.6. The van der Waals surface area contributed by atoms with Gasteiger partial charge in [-0.15, -0.1) is 11.3 Å². The van der Waals surface area contributed by atoms with E-state index in [1.165, 1.54) is 16.0 Å². The zero-order valence-electron chi connectivity index (χ0n) is 17.5. The predicted octanol–water partition coefficient (Wildman–Crippen LogP) is 4.52. The first-order valence-electron chi connectivity index (χ1n) is 9.49. The molecule has 2 N–H and O–H groups in total.